The summed E-state index contributed by atoms with van der Waals surface area (Å²) >= 11 is 0. The van der Waals surface area contributed by atoms with E-state index in [9.17, 15) is 14.7 Å². The van der Waals surface area contributed by atoms with Gasteiger partial charge in [-0.15, -0.1) is 0 Å². The SMILES string of the molecule is CC(=O)O[C@H]1[C@@H](C)O[C@H](O)C[C@H]1OC(C)=O. The third-order valence-corrected chi connectivity index (χ3v) is 2.25. The number of aliphatic hydroxyl groups is 1. The summed E-state index contributed by atoms with van der Waals surface area (Å²) in [5.41, 5.74) is 0. The van der Waals surface area contributed by atoms with Crippen molar-refractivity contribution >= 4 is 11.9 Å². The molecule has 0 aromatic heterocycles. The Balaban J connectivity index is 2.71. The van der Waals surface area contributed by atoms with Crippen LogP contribution in [0.1, 0.15) is 27.2 Å². The first-order valence-electron chi connectivity index (χ1n) is 5.08. The predicted molar refractivity (Wildman–Crippen MR) is 52.3 cm³/mol. The van der Waals surface area contributed by atoms with E-state index in [1.807, 2.05) is 0 Å². The number of carbonyl (C=O) groups is 2. The lowest BCUT2D eigenvalue weighted by Crippen LogP contribution is -2.50. The van der Waals surface area contributed by atoms with Crippen molar-refractivity contribution in [2.75, 3.05) is 0 Å². The summed E-state index contributed by atoms with van der Waals surface area (Å²) < 4.78 is 15.1. The van der Waals surface area contributed by atoms with Gasteiger partial charge in [-0.2, -0.15) is 0 Å². The molecule has 0 amide bonds. The Labute approximate surface area is 93.5 Å². The van der Waals surface area contributed by atoms with E-state index in [1.165, 1.54) is 13.8 Å². The van der Waals surface area contributed by atoms with Crippen molar-refractivity contribution in [1.29, 1.82) is 0 Å². The van der Waals surface area contributed by atoms with Crippen LogP contribution in [0.5, 0.6) is 0 Å². The smallest absolute Gasteiger partial charge is 0.303 e. The second-order valence-corrected chi connectivity index (χ2v) is 3.75. The Morgan fingerprint density at radius 3 is 2.31 bits per heavy atom. The Morgan fingerprint density at radius 2 is 1.81 bits per heavy atom. The lowest BCUT2D eigenvalue weighted by Gasteiger charge is -2.37. The van der Waals surface area contributed by atoms with Crippen LogP contribution in [0.25, 0.3) is 0 Å². The number of hydrogen-bond acceptors (Lipinski definition) is 6. The zero-order valence-corrected chi connectivity index (χ0v) is 9.50. The molecule has 1 aliphatic rings. The van der Waals surface area contributed by atoms with Gasteiger partial charge in [0.05, 0.1) is 6.10 Å². The number of ether oxygens (including phenoxy) is 3. The summed E-state index contributed by atoms with van der Waals surface area (Å²) in [6, 6.07) is 0. The van der Waals surface area contributed by atoms with Gasteiger partial charge in [-0.3, -0.25) is 9.59 Å². The second-order valence-electron chi connectivity index (χ2n) is 3.75. The third-order valence-electron chi connectivity index (χ3n) is 2.25. The topological polar surface area (TPSA) is 82.1 Å². The quantitative estimate of drug-likeness (QED) is 0.674. The molecule has 0 spiro atoms. The van der Waals surface area contributed by atoms with Gasteiger partial charge in [-0.1, -0.05) is 0 Å². The van der Waals surface area contributed by atoms with Gasteiger partial charge in [0, 0.05) is 20.3 Å². The first-order valence-corrected chi connectivity index (χ1v) is 5.08. The molecule has 0 unspecified atom stereocenters. The molecule has 4 atom stereocenters. The minimum atomic E-state index is -1.01. The lowest BCUT2D eigenvalue weighted by atomic mass is 10.0. The first kappa shape index (κ1) is 12.9. The normalized spacial score (nSPS) is 34.2. The van der Waals surface area contributed by atoms with E-state index >= 15 is 0 Å². The van der Waals surface area contributed by atoms with E-state index in [1.54, 1.807) is 6.92 Å². The third kappa shape index (κ3) is 3.46. The van der Waals surface area contributed by atoms with Gasteiger partial charge in [-0.25, -0.2) is 0 Å². The van der Waals surface area contributed by atoms with Crippen LogP contribution in [0.2, 0.25) is 0 Å². The number of rotatable bonds is 2. The van der Waals surface area contributed by atoms with Crippen LogP contribution in [0.15, 0.2) is 0 Å². The zero-order chi connectivity index (χ0) is 12.3. The first-order chi connectivity index (χ1) is 7.40. The number of hydrogen-bond donors (Lipinski definition) is 1. The van der Waals surface area contributed by atoms with Crippen molar-refractivity contribution in [1.82, 2.24) is 0 Å². The highest BCUT2D eigenvalue weighted by Crippen LogP contribution is 2.24. The molecule has 1 fully saturated rings. The summed E-state index contributed by atoms with van der Waals surface area (Å²) in [5, 5.41) is 9.36. The standard InChI is InChI=1S/C10H16O6/c1-5-10(16-7(3)12)8(15-6(2)11)4-9(13)14-5/h5,8-10,13H,4H2,1-3H3/t5-,8-,9+,10+/m1/s1. The molecule has 0 aromatic carbocycles. The van der Waals surface area contributed by atoms with E-state index in [0.29, 0.717) is 0 Å². The summed E-state index contributed by atoms with van der Waals surface area (Å²) in [6.45, 7) is 4.17. The van der Waals surface area contributed by atoms with Gasteiger partial charge in [0.25, 0.3) is 0 Å². The highest BCUT2D eigenvalue weighted by atomic mass is 16.7. The monoisotopic (exact) mass is 232 g/mol. The van der Waals surface area contributed by atoms with Crippen LogP contribution in [0.4, 0.5) is 0 Å². The summed E-state index contributed by atoms with van der Waals surface area (Å²) in [6.07, 6.45) is -2.77. The Morgan fingerprint density at radius 1 is 1.25 bits per heavy atom. The second kappa shape index (κ2) is 5.27. The van der Waals surface area contributed by atoms with Crippen LogP contribution < -0.4 is 0 Å². The molecule has 1 N–H and O–H groups in total. The van der Waals surface area contributed by atoms with Crippen molar-refractivity contribution in [3.8, 4) is 0 Å². The van der Waals surface area contributed by atoms with Crippen LogP contribution >= 0.6 is 0 Å². The van der Waals surface area contributed by atoms with Crippen molar-refractivity contribution in [2.45, 2.75) is 51.8 Å². The molecular weight excluding hydrogens is 216 g/mol. The Hall–Kier alpha value is -1.14. The van der Waals surface area contributed by atoms with Crippen LogP contribution in [-0.4, -0.2) is 41.6 Å². The summed E-state index contributed by atoms with van der Waals surface area (Å²) in [4.78, 5) is 21.8. The molecule has 0 bridgehead atoms. The molecule has 0 aromatic rings. The summed E-state index contributed by atoms with van der Waals surface area (Å²) in [7, 11) is 0. The number of carbonyl (C=O) groups excluding carboxylic acids is 2. The maximum absolute atomic E-state index is 10.9. The van der Waals surface area contributed by atoms with E-state index in [-0.39, 0.29) is 6.42 Å². The number of esters is 2. The highest BCUT2D eigenvalue weighted by Gasteiger charge is 2.40. The molecule has 6 nitrogen and oxygen atoms in total. The minimum Gasteiger partial charge on any atom is -0.458 e. The van der Waals surface area contributed by atoms with Gasteiger partial charge in [0.15, 0.2) is 12.4 Å². The van der Waals surface area contributed by atoms with Gasteiger partial charge < -0.3 is 19.3 Å². The molecule has 92 valence electrons. The molecule has 0 radical (unpaired) electrons. The minimum absolute atomic E-state index is 0.0991. The molecule has 16 heavy (non-hydrogen) atoms. The largest absolute Gasteiger partial charge is 0.458 e. The fourth-order valence-corrected chi connectivity index (χ4v) is 1.71. The van der Waals surface area contributed by atoms with E-state index in [0.717, 1.165) is 0 Å². The van der Waals surface area contributed by atoms with E-state index in [2.05, 4.69) is 0 Å². The van der Waals surface area contributed by atoms with Crippen molar-refractivity contribution < 1.29 is 28.9 Å². The van der Waals surface area contributed by atoms with Crippen molar-refractivity contribution in [3.05, 3.63) is 0 Å². The Kier molecular flexibility index (Phi) is 4.26. The van der Waals surface area contributed by atoms with Crippen LogP contribution in [0.3, 0.4) is 0 Å². The van der Waals surface area contributed by atoms with Crippen LogP contribution in [0, 0.1) is 0 Å². The fourth-order valence-electron chi connectivity index (χ4n) is 1.71. The average molecular weight is 232 g/mol. The molecule has 0 saturated carbocycles. The highest BCUT2D eigenvalue weighted by molar-refractivity contribution is 5.67. The van der Waals surface area contributed by atoms with Crippen molar-refractivity contribution in [3.63, 3.8) is 0 Å². The fraction of sp³-hybridized carbons (Fsp3) is 0.800. The van der Waals surface area contributed by atoms with E-state index in [4.69, 9.17) is 14.2 Å². The van der Waals surface area contributed by atoms with Crippen LogP contribution in [-0.2, 0) is 23.8 Å². The van der Waals surface area contributed by atoms with Gasteiger partial charge in [0.1, 0.15) is 6.10 Å². The average Bonchev–Trinajstić information content (AvgIpc) is 2.09. The summed E-state index contributed by atoms with van der Waals surface area (Å²) in [5.74, 6) is -0.961. The molecule has 1 heterocycles. The molecular formula is C10H16O6. The number of aliphatic hydroxyl groups excluding tert-OH is 1. The Bertz CT molecular complexity index is 276. The molecule has 1 rings (SSSR count). The predicted octanol–water partition coefficient (Wildman–Crippen LogP) is -0.0230. The molecule has 1 aliphatic heterocycles. The van der Waals surface area contributed by atoms with Gasteiger partial charge >= 0.3 is 11.9 Å². The lowest BCUT2D eigenvalue weighted by molar-refractivity contribution is -0.241. The van der Waals surface area contributed by atoms with E-state index < -0.39 is 36.5 Å². The molecule has 0 aliphatic carbocycles. The maximum atomic E-state index is 10.9. The van der Waals surface area contributed by atoms with Crippen molar-refractivity contribution in [2.24, 2.45) is 0 Å². The van der Waals surface area contributed by atoms with Gasteiger partial charge in [0.2, 0.25) is 0 Å². The molecule has 6 heteroatoms. The van der Waals surface area contributed by atoms with Gasteiger partial charge in [-0.05, 0) is 6.92 Å². The molecule has 1 saturated heterocycles. The maximum Gasteiger partial charge on any atom is 0.303 e. The zero-order valence-electron chi connectivity index (χ0n) is 9.50.